The van der Waals surface area contributed by atoms with Crippen molar-refractivity contribution in [3.8, 4) is 22.8 Å². The third-order valence-electron chi connectivity index (χ3n) is 4.12. The van der Waals surface area contributed by atoms with E-state index in [9.17, 15) is 0 Å². The largest absolute Gasteiger partial charge is 1.00 e. The second kappa shape index (κ2) is 7.50. The fraction of sp³-hybridized carbons (Fsp3) is 0.0952. The molecular formula is C21H19ClN4. The highest BCUT2D eigenvalue weighted by Gasteiger charge is 2.23. The molecule has 1 aromatic heterocycles. The van der Waals surface area contributed by atoms with Crippen molar-refractivity contribution in [3.05, 3.63) is 90.0 Å². The Labute approximate surface area is 159 Å². The Morgan fingerprint density at radius 2 is 1.31 bits per heavy atom. The van der Waals surface area contributed by atoms with Crippen molar-refractivity contribution in [1.82, 2.24) is 15.0 Å². The van der Waals surface area contributed by atoms with Gasteiger partial charge in [-0.25, -0.2) is 0 Å². The van der Waals surface area contributed by atoms with E-state index in [-0.39, 0.29) is 12.4 Å². The number of halogens is 1. The fourth-order valence-corrected chi connectivity index (χ4v) is 2.68. The van der Waals surface area contributed by atoms with E-state index in [4.69, 9.17) is 10.2 Å². The Morgan fingerprint density at radius 3 is 1.92 bits per heavy atom. The smallest absolute Gasteiger partial charge is 0.340 e. The topological polar surface area (TPSA) is 34.6 Å². The molecule has 0 saturated heterocycles. The zero-order chi connectivity index (χ0) is 17.2. The zero-order valence-corrected chi connectivity index (χ0v) is 15.4. The van der Waals surface area contributed by atoms with E-state index >= 15 is 0 Å². The van der Waals surface area contributed by atoms with Crippen LogP contribution < -0.4 is 17.2 Å². The van der Waals surface area contributed by atoms with Gasteiger partial charge in [0.05, 0.1) is 10.7 Å². The molecule has 0 fully saturated rings. The van der Waals surface area contributed by atoms with E-state index in [1.807, 2.05) is 39.9 Å². The first-order valence-electron chi connectivity index (χ1n) is 8.30. The molecule has 4 rings (SSSR count). The van der Waals surface area contributed by atoms with Gasteiger partial charge in [0.1, 0.15) is 5.69 Å². The van der Waals surface area contributed by atoms with Gasteiger partial charge < -0.3 is 12.4 Å². The minimum atomic E-state index is 0. The minimum absolute atomic E-state index is 0. The van der Waals surface area contributed by atoms with Crippen molar-refractivity contribution in [3.63, 3.8) is 0 Å². The maximum atomic E-state index is 4.75. The fourth-order valence-electron chi connectivity index (χ4n) is 2.68. The number of aryl methyl sites for hydroxylation is 2. The summed E-state index contributed by atoms with van der Waals surface area (Å²) < 4.78 is 0. The second-order valence-corrected chi connectivity index (χ2v) is 6.14. The van der Waals surface area contributed by atoms with Gasteiger partial charge in [0, 0.05) is 4.80 Å². The van der Waals surface area contributed by atoms with Gasteiger partial charge in [0.25, 0.3) is 0 Å². The Morgan fingerprint density at radius 1 is 0.731 bits per heavy atom. The van der Waals surface area contributed by atoms with E-state index in [0.29, 0.717) is 5.82 Å². The summed E-state index contributed by atoms with van der Waals surface area (Å²) in [6.07, 6.45) is 0. The molecule has 0 aliphatic rings. The predicted molar refractivity (Wildman–Crippen MR) is 97.8 cm³/mol. The third kappa shape index (κ3) is 3.51. The Balaban J connectivity index is 0.00000196. The van der Waals surface area contributed by atoms with Crippen molar-refractivity contribution in [2.24, 2.45) is 0 Å². The van der Waals surface area contributed by atoms with Gasteiger partial charge in [-0.3, -0.25) is 0 Å². The first-order chi connectivity index (χ1) is 12.2. The van der Waals surface area contributed by atoms with Gasteiger partial charge in [-0.05, 0) is 60.1 Å². The summed E-state index contributed by atoms with van der Waals surface area (Å²) in [7, 11) is 0. The van der Waals surface area contributed by atoms with Crippen molar-refractivity contribution < 1.29 is 17.2 Å². The molecule has 1 heterocycles. The molecule has 0 N–H and O–H groups in total. The highest BCUT2D eigenvalue weighted by atomic mass is 35.5. The molecule has 0 bridgehead atoms. The summed E-state index contributed by atoms with van der Waals surface area (Å²) in [4.78, 5) is 3.68. The van der Waals surface area contributed by atoms with Gasteiger partial charge in [0.2, 0.25) is 0 Å². The van der Waals surface area contributed by atoms with Crippen LogP contribution in [0.3, 0.4) is 0 Å². The normalized spacial score (nSPS) is 10.4. The standard InChI is InChI=1S/C21H19N4.ClH/c1-16-8-12-19(13-9-16)24-22-21(18-6-4-3-5-7-18)23-25(24)20-14-10-17(2)11-15-20;/h3-15H,1-2H3;1H/q+1;/p-1. The van der Waals surface area contributed by atoms with E-state index in [1.165, 1.54) is 11.1 Å². The molecule has 0 aliphatic heterocycles. The molecule has 4 aromatic rings. The molecule has 26 heavy (non-hydrogen) atoms. The Kier molecular flexibility index (Phi) is 5.14. The lowest BCUT2D eigenvalue weighted by molar-refractivity contribution is -0.734. The van der Waals surface area contributed by atoms with Crippen molar-refractivity contribution in [1.29, 1.82) is 0 Å². The number of benzene rings is 3. The molecule has 0 radical (unpaired) electrons. The number of hydrogen-bond donors (Lipinski definition) is 0. The van der Waals surface area contributed by atoms with Crippen LogP contribution in [0, 0.1) is 13.8 Å². The van der Waals surface area contributed by atoms with Crippen LogP contribution in [0.2, 0.25) is 0 Å². The number of tetrazole rings is 1. The molecule has 0 amide bonds. The van der Waals surface area contributed by atoms with Crippen LogP contribution in [0.1, 0.15) is 11.1 Å². The lowest BCUT2D eigenvalue weighted by atomic mass is 10.2. The molecule has 5 heteroatoms. The SMILES string of the molecule is Cc1ccc(-n2nc(-c3ccccc3)n[n+]2-c2ccc(C)cc2)cc1.[Cl-]. The highest BCUT2D eigenvalue weighted by Crippen LogP contribution is 2.15. The Hall–Kier alpha value is -2.98. The average Bonchev–Trinajstić information content (AvgIpc) is 3.09. The van der Waals surface area contributed by atoms with E-state index in [2.05, 4.69) is 62.4 Å². The predicted octanol–water partition coefficient (Wildman–Crippen LogP) is 0.832. The molecular weight excluding hydrogens is 344 g/mol. The Bertz CT molecular complexity index is 928. The maximum absolute atomic E-state index is 4.75. The minimum Gasteiger partial charge on any atom is -1.00 e. The van der Waals surface area contributed by atoms with Crippen molar-refractivity contribution in [2.75, 3.05) is 0 Å². The van der Waals surface area contributed by atoms with Gasteiger partial charge in [-0.2, -0.15) is 0 Å². The van der Waals surface area contributed by atoms with Gasteiger partial charge in [0.15, 0.2) is 5.69 Å². The first-order valence-corrected chi connectivity index (χ1v) is 8.30. The average molecular weight is 363 g/mol. The van der Waals surface area contributed by atoms with Crippen LogP contribution in [-0.4, -0.2) is 15.0 Å². The summed E-state index contributed by atoms with van der Waals surface area (Å²) in [5.41, 5.74) is 5.37. The molecule has 0 aliphatic carbocycles. The monoisotopic (exact) mass is 362 g/mol. The van der Waals surface area contributed by atoms with E-state index in [1.54, 1.807) is 0 Å². The molecule has 4 nitrogen and oxygen atoms in total. The van der Waals surface area contributed by atoms with Crippen LogP contribution in [-0.2, 0) is 0 Å². The van der Waals surface area contributed by atoms with Gasteiger partial charge >= 0.3 is 5.82 Å². The second-order valence-electron chi connectivity index (χ2n) is 6.14. The van der Waals surface area contributed by atoms with Crippen LogP contribution in [0.4, 0.5) is 0 Å². The quantitative estimate of drug-likeness (QED) is 0.506. The van der Waals surface area contributed by atoms with E-state index < -0.39 is 0 Å². The molecule has 0 unspecified atom stereocenters. The summed E-state index contributed by atoms with van der Waals surface area (Å²) in [5.74, 6) is 0.696. The summed E-state index contributed by atoms with van der Waals surface area (Å²) in [6, 6.07) is 26.6. The zero-order valence-electron chi connectivity index (χ0n) is 14.7. The maximum Gasteiger partial charge on any atom is 0.340 e. The summed E-state index contributed by atoms with van der Waals surface area (Å²) in [6.45, 7) is 4.16. The van der Waals surface area contributed by atoms with Crippen LogP contribution in [0.5, 0.6) is 0 Å². The lowest BCUT2D eigenvalue weighted by Crippen LogP contribution is -3.00. The van der Waals surface area contributed by atoms with Crippen LogP contribution in [0.15, 0.2) is 78.9 Å². The number of aromatic nitrogens is 4. The molecule has 0 saturated carbocycles. The molecule has 0 atom stereocenters. The number of hydrogen-bond acceptors (Lipinski definition) is 2. The molecule has 130 valence electrons. The third-order valence-corrected chi connectivity index (χ3v) is 4.12. The highest BCUT2D eigenvalue weighted by molar-refractivity contribution is 5.53. The molecule has 3 aromatic carbocycles. The van der Waals surface area contributed by atoms with Crippen molar-refractivity contribution >= 4 is 0 Å². The van der Waals surface area contributed by atoms with Gasteiger partial charge in [-0.15, -0.1) is 0 Å². The lowest BCUT2D eigenvalue weighted by Gasteiger charge is -2.00. The van der Waals surface area contributed by atoms with Crippen LogP contribution in [0.25, 0.3) is 22.8 Å². The van der Waals surface area contributed by atoms with E-state index in [0.717, 1.165) is 16.9 Å². The molecule has 0 spiro atoms. The summed E-state index contributed by atoms with van der Waals surface area (Å²) in [5, 5.41) is 9.50. The number of nitrogens with zero attached hydrogens (tertiary/aromatic N) is 4. The van der Waals surface area contributed by atoms with Crippen LogP contribution >= 0.6 is 0 Å². The summed E-state index contributed by atoms with van der Waals surface area (Å²) >= 11 is 0. The number of rotatable bonds is 3. The van der Waals surface area contributed by atoms with Gasteiger partial charge in [-0.1, -0.05) is 53.6 Å². The van der Waals surface area contributed by atoms with Crippen molar-refractivity contribution in [2.45, 2.75) is 13.8 Å². The first kappa shape index (κ1) is 17.8.